The molecule has 4 nitrogen and oxygen atoms in total. The van der Waals surface area contributed by atoms with E-state index in [0.29, 0.717) is 0 Å². The summed E-state index contributed by atoms with van der Waals surface area (Å²) in [7, 11) is -4.64. The van der Waals surface area contributed by atoms with Gasteiger partial charge in [0.25, 0.3) is 0 Å². The van der Waals surface area contributed by atoms with E-state index in [9.17, 15) is 0 Å². The maximum Gasteiger partial charge on any atom is 0 e. The van der Waals surface area contributed by atoms with E-state index in [1.165, 1.54) is 0 Å². The van der Waals surface area contributed by atoms with Crippen molar-refractivity contribution in [2.45, 2.75) is 0 Å². The fourth-order valence-electron chi connectivity index (χ4n) is 0. The topological polar surface area (TPSA) is 77.8 Å². The molecule has 0 unspecified atom stereocenters. The van der Waals surface area contributed by atoms with Crippen molar-refractivity contribution in [1.29, 1.82) is 0 Å². The average Bonchev–Trinajstić information content (AvgIpc) is 0.722. The molecule has 45 valence electrons. The molecule has 0 rings (SSSR count). The van der Waals surface area contributed by atoms with Crippen LogP contribution in [0.15, 0.2) is 0 Å². The molecule has 0 bridgehead atoms. The van der Waals surface area contributed by atoms with E-state index >= 15 is 0 Å². The Balaban J connectivity index is -0.0000000267. The first-order valence-electron chi connectivity index (χ1n) is 0.783. The van der Waals surface area contributed by atoms with Gasteiger partial charge in [-0.25, -0.2) is 4.57 Å². The summed E-state index contributed by atoms with van der Waals surface area (Å²) in [6.07, 6.45) is 0. The Kier molecular flexibility index (Phi) is 25.3. The van der Waals surface area contributed by atoms with Crippen LogP contribution in [0.2, 0.25) is 0 Å². The summed E-state index contributed by atoms with van der Waals surface area (Å²) in [5.74, 6) is 0. The molecule has 0 saturated carbocycles. The monoisotopic (exact) mass is 317 g/mol. The molecule has 0 spiro atoms. The first-order chi connectivity index (χ1) is 2.00. The molecule has 0 aromatic rings. The normalized spacial score (nSPS) is 7.38. The Labute approximate surface area is 85.1 Å². The second-order valence-corrected chi connectivity index (χ2v) is 1.54. The molecule has 0 aliphatic heterocycles. The van der Waals surface area contributed by atoms with Crippen LogP contribution in [0.3, 0.4) is 0 Å². The van der Waals surface area contributed by atoms with Crippen LogP contribution in [0.5, 0.6) is 0 Å². The number of hydrogen-bond acceptors (Lipinski definition) is 1. The third kappa shape index (κ3) is 99.2. The van der Waals surface area contributed by atoms with Gasteiger partial charge in [-0.1, -0.05) is 0 Å². The van der Waals surface area contributed by atoms with E-state index in [0.717, 1.165) is 0 Å². The van der Waals surface area contributed by atoms with Crippen molar-refractivity contribution in [2.24, 2.45) is 0 Å². The van der Waals surface area contributed by atoms with Crippen molar-refractivity contribution in [2.75, 3.05) is 0 Å². The maximum atomic E-state index is 8.88. The summed E-state index contributed by atoms with van der Waals surface area (Å²) in [5, 5.41) is 0. The number of hydrogen-bond donors (Lipinski definition) is 3. The van der Waals surface area contributed by atoms with Gasteiger partial charge in [0.15, 0.2) is 17.4 Å². The first-order valence-corrected chi connectivity index (χ1v) is 2.35. The smallest absolute Gasteiger partial charge is 0 e. The average molecular weight is 317 g/mol. The summed E-state index contributed by atoms with van der Waals surface area (Å²) < 4.78 is 8.88. The quantitative estimate of drug-likeness (QED) is 0.334. The standard InChI is InChI=1S/Al.Li.H3O4P.Ta.4H/c;;1-5(2,3)4;;;;;/h;;(H3,1,2,3,4);;;;;. The fourth-order valence-corrected chi connectivity index (χ4v) is 0. The molecule has 0 fully saturated rings. The van der Waals surface area contributed by atoms with Crippen LogP contribution in [0.25, 0.3) is 0 Å². The molecule has 0 aliphatic rings. The molecule has 0 aromatic heterocycles. The van der Waals surface area contributed by atoms with E-state index in [1.807, 2.05) is 0 Å². The van der Waals surface area contributed by atoms with Gasteiger partial charge in [-0.05, 0) is 0 Å². The molecule has 0 atom stereocenters. The van der Waals surface area contributed by atoms with Crippen LogP contribution < -0.4 is 0 Å². The maximum absolute atomic E-state index is 8.88. The molecular weight excluding hydrogens is 310 g/mol. The van der Waals surface area contributed by atoms with E-state index < -0.39 is 7.82 Å². The van der Waals surface area contributed by atoms with E-state index in [2.05, 4.69) is 0 Å². The van der Waals surface area contributed by atoms with Crippen molar-refractivity contribution in [3.8, 4) is 0 Å². The van der Waals surface area contributed by atoms with Crippen molar-refractivity contribution in [1.82, 2.24) is 0 Å². The molecule has 0 aromatic carbocycles. The summed E-state index contributed by atoms with van der Waals surface area (Å²) in [5.41, 5.74) is 0. The summed E-state index contributed by atoms with van der Waals surface area (Å²) in [6, 6.07) is 0. The molecule has 1 radical (unpaired) electrons. The summed E-state index contributed by atoms with van der Waals surface area (Å²) in [4.78, 5) is 21.6. The van der Waals surface area contributed by atoms with Crippen LogP contribution >= 0.6 is 7.82 Å². The van der Waals surface area contributed by atoms with E-state index in [-0.39, 0.29) is 58.6 Å². The van der Waals surface area contributed by atoms with Crippen LogP contribution in [0, 0.1) is 0 Å². The van der Waals surface area contributed by atoms with Gasteiger partial charge >= 0.3 is 26.7 Å². The zero-order valence-corrected chi connectivity index (χ0v) is 6.75. The Morgan fingerprint density at radius 2 is 1.12 bits per heavy atom. The zero-order valence-electron chi connectivity index (χ0n) is 2.64. The first kappa shape index (κ1) is 22.5. The van der Waals surface area contributed by atoms with Crippen LogP contribution in [-0.4, -0.2) is 50.9 Å². The zero-order chi connectivity index (χ0) is 4.50. The van der Waals surface area contributed by atoms with Crippen molar-refractivity contribution in [3.05, 3.63) is 0 Å². The molecule has 0 saturated heterocycles. The second kappa shape index (κ2) is 8.98. The molecule has 8 heavy (non-hydrogen) atoms. The Bertz CT molecular complexity index is 62.2. The van der Waals surface area contributed by atoms with Gasteiger partial charge in [0.2, 0.25) is 0 Å². The third-order valence-corrected chi connectivity index (χ3v) is 0. The molecule has 0 aliphatic carbocycles. The van der Waals surface area contributed by atoms with Crippen molar-refractivity contribution in [3.63, 3.8) is 0 Å². The SMILES string of the molecule is O=P(O)(O)O.[AlH3].[LiH].[Ta]. The molecule has 3 N–H and O–H groups in total. The summed E-state index contributed by atoms with van der Waals surface area (Å²) in [6.45, 7) is 0. The van der Waals surface area contributed by atoms with E-state index in [1.54, 1.807) is 0 Å². The predicted octanol–water partition coefficient (Wildman–Crippen LogP) is -2.76. The van der Waals surface area contributed by atoms with Crippen molar-refractivity contribution < 1.29 is 41.6 Å². The third-order valence-electron chi connectivity index (χ3n) is 0. The Hall–Kier alpha value is 1.98. The van der Waals surface area contributed by atoms with Gasteiger partial charge in [0, 0.05) is 22.4 Å². The van der Waals surface area contributed by atoms with Gasteiger partial charge < -0.3 is 14.7 Å². The molecule has 0 heterocycles. The van der Waals surface area contributed by atoms with Gasteiger partial charge in [-0.3, -0.25) is 0 Å². The number of rotatable bonds is 0. The number of phosphoric acid groups is 1. The van der Waals surface area contributed by atoms with Gasteiger partial charge in [-0.2, -0.15) is 0 Å². The van der Waals surface area contributed by atoms with Crippen molar-refractivity contribution >= 4 is 44.0 Å². The second-order valence-electron chi connectivity index (χ2n) is 0.513. The minimum Gasteiger partial charge on any atom is 0 e. The predicted molar refractivity (Wildman–Crippen MR) is 31.4 cm³/mol. The molecule has 0 amide bonds. The minimum absolute atomic E-state index is 0. The Morgan fingerprint density at radius 3 is 1.12 bits per heavy atom. The summed E-state index contributed by atoms with van der Waals surface area (Å²) >= 11 is 0. The van der Waals surface area contributed by atoms with Crippen LogP contribution in [0.4, 0.5) is 0 Å². The Morgan fingerprint density at radius 1 is 1.12 bits per heavy atom. The van der Waals surface area contributed by atoms with Gasteiger partial charge in [0.1, 0.15) is 0 Å². The fraction of sp³-hybridized carbons (Fsp3) is 0. The van der Waals surface area contributed by atoms with E-state index in [4.69, 9.17) is 19.2 Å². The molecule has 8 heteroatoms. The largest absolute Gasteiger partial charge is 0 e. The minimum atomic E-state index is -4.64. The van der Waals surface area contributed by atoms with Crippen LogP contribution in [0.1, 0.15) is 0 Å². The van der Waals surface area contributed by atoms with Gasteiger partial charge in [-0.15, -0.1) is 0 Å². The van der Waals surface area contributed by atoms with Crippen LogP contribution in [-0.2, 0) is 26.9 Å². The van der Waals surface area contributed by atoms with Gasteiger partial charge in [0.05, 0.1) is 0 Å². The molecular formula is H7AlLiO4PTa.